The maximum absolute atomic E-state index is 11.0. The average molecular weight is 174 g/mol. The van der Waals surface area contributed by atoms with E-state index in [4.69, 9.17) is 4.84 Å². The number of hydroxylamine groups is 1. The number of carbonyl (C=O) groups is 1. The Kier molecular flexibility index (Phi) is 4.03. The maximum atomic E-state index is 11.0. The van der Waals surface area contributed by atoms with Gasteiger partial charge in [-0.05, 0) is 34.6 Å². The molecular formula is C8H18N2O2. The molecule has 0 rings (SSSR count). The van der Waals surface area contributed by atoms with E-state index in [9.17, 15) is 4.79 Å². The van der Waals surface area contributed by atoms with Crippen LogP contribution < -0.4 is 10.8 Å². The van der Waals surface area contributed by atoms with Crippen molar-refractivity contribution in [2.75, 3.05) is 0 Å². The van der Waals surface area contributed by atoms with Gasteiger partial charge in [-0.2, -0.15) is 0 Å². The maximum Gasteiger partial charge on any atom is 0.338 e. The molecule has 2 N–H and O–H groups in total. The van der Waals surface area contributed by atoms with Crippen molar-refractivity contribution in [1.82, 2.24) is 10.8 Å². The van der Waals surface area contributed by atoms with Gasteiger partial charge in [-0.1, -0.05) is 0 Å². The number of carbonyl (C=O) groups excluding carboxylic acids is 1. The molecule has 0 bridgehead atoms. The van der Waals surface area contributed by atoms with Crippen molar-refractivity contribution in [2.45, 2.75) is 46.3 Å². The van der Waals surface area contributed by atoms with Crippen molar-refractivity contribution >= 4 is 6.03 Å². The van der Waals surface area contributed by atoms with E-state index in [-0.39, 0.29) is 17.7 Å². The van der Waals surface area contributed by atoms with Gasteiger partial charge in [0.2, 0.25) is 0 Å². The van der Waals surface area contributed by atoms with Gasteiger partial charge < -0.3 is 5.32 Å². The molecule has 0 aliphatic carbocycles. The first-order valence-electron chi connectivity index (χ1n) is 4.06. The van der Waals surface area contributed by atoms with Crippen LogP contribution in [0.25, 0.3) is 0 Å². The highest BCUT2D eigenvalue weighted by Crippen LogP contribution is 2.02. The Morgan fingerprint density at radius 3 is 2.17 bits per heavy atom. The summed E-state index contributed by atoms with van der Waals surface area (Å²) in [6, 6.07) is -0.187. The fourth-order valence-electron chi connectivity index (χ4n) is 0.491. The molecule has 0 saturated heterocycles. The molecule has 0 unspecified atom stereocenters. The van der Waals surface area contributed by atoms with E-state index in [1.54, 1.807) is 0 Å². The molecule has 0 aromatic rings. The molecular weight excluding hydrogens is 156 g/mol. The van der Waals surface area contributed by atoms with Crippen LogP contribution in [0.3, 0.4) is 0 Å². The number of hydrogen-bond donors (Lipinski definition) is 2. The van der Waals surface area contributed by atoms with Crippen LogP contribution in [-0.4, -0.2) is 17.7 Å². The second-order valence-electron chi connectivity index (χ2n) is 3.94. The lowest BCUT2D eigenvalue weighted by molar-refractivity contribution is -0.0531. The molecule has 4 nitrogen and oxygen atoms in total. The summed E-state index contributed by atoms with van der Waals surface area (Å²) in [5, 5.41) is 2.64. The zero-order valence-electron chi connectivity index (χ0n) is 8.39. The van der Waals surface area contributed by atoms with Crippen LogP contribution in [0.4, 0.5) is 4.79 Å². The van der Waals surface area contributed by atoms with Gasteiger partial charge in [-0.15, -0.1) is 0 Å². The highest BCUT2D eigenvalue weighted by molar-refractivity contribution is 5.72. The topological polar surface area (TPSA) is 50.4 Å². The molecule has 0 aromatic carbocycles. The third-order valence-corrected chi connectivity index (χ3v) is 0.870. The molecule has 0 aliphatic rings. The van der Waals surface area contributed by atoms with Crippen LogP contribution in [0.2, 0.25) is 0 Å². The molecule has 12 heavy (non-hydrogen) atoms. The van der Waals surface area contributed by atoms with E-state index < -0.39 is 0 Å². The van der Waals surface area contributed by atoms with Gasteiger partial charge in [0.15, 0.2) is 0 Å². The van der Waals surface area contributed by atoms with Gasteiger partial charge in [-0.3, -0.25) is 4.84 Å². The van der Waals surface area contributed by atoms with Crippen LogP contribution in [0.1, 0.15) is 34.6 Å². The Hall–Kier alpha value is -0.770. The van der Waals surface area contributed by atoms with E-state index in [0.717, 1.165) is 0 Å². The number of nitrogens with one attached hydrogen (secondary N) is 2. The third kappa shape index (κ3) is 7.34. The average Bonchev–Trinajstić information content (AvgIpc) is 1.80. The summed E-state index contributed by atoms with van der Waals surface area (Å²) >= 11 is 0. The normalized spacial score (nSPS) is 11.5. The van der Waals surface area contributed by atoms with Crippen molar-refractivity contribution in [2.24, 2.45) is 0 Å². The van der Waals surface area contributed by atoms with Crippen LogP contribution in [0.15, 0.2) is 0 Å². The van der Waals surface area contributed by atoms with Gasteiger partial charge in [0.25, 0.3) is 0 Å². The molecule has 0 spiro atoms. The van der Waals surface area contributed by atoms with Gasteiger partial charge in [0.1, 0.15) is 0 Å². The first-order valence-corrected chi connectivity index (χ1v) is 4.06. The predicted octanol–water partition coefficient (Wildman–Crippen LogP) is 1.42. The van der Waals surface area contributed by atoms with Crippen molar-refractivity contribution in [3.8, 4) is 0 Å². The fraction of sp³-hybridized carbons (Fsp3) is 0.875. The fourth-order valence-corrected chi connectivity index (χ4v) is 0.491. The Labute approximate surface area is 73.6 Å². The molecule has 4 heteroatoms. The lowest BCUT2D eigenvalue weighted by atomic mass is 10.2. The van der Waals surface area contributed by atoms with Gasteiger partial charge >= 0.3 is 6.03 Å². The Morgan fingerprint density at radius 2 is 1.83 bits per heavy atom. The highest BCUT2D eigenvalue weighted by Gasteiger charge is 2.12. The summed E-state index contributed by atoms with van der Waals surface area (Å²) in [7, 11) is 0. The van der Waals surface area contributed by atoms with Crippen molar-refractivity contribution < 1.29 is 9.63 Å². The quantitative estimate of drug-likeness (QED) is 0.622. The lowest BCUT2D eigenvalue weighted by Crippen LogP contribution is -2.42. The van der Waals surface area contributed by atoms with Crippen LogP contribution in [0, 0.1) is 0 Å². The van der Waals surface area contributed by atoms with Gasteiger partial charge in [0.05, 0.1) is 5.60 Å². The van der Waals surface area contributed by atoms with Crippen LogP contribution >= 0.6 is 0 Å². The minimum absolute atomic E-state index is 0.119. The Balaban J connectivity index is 3.58. The summed E-state index contributed by atoms with van der Waals surface area (Å²) < 4.78 is 0. The van der Waals surface area contributed by atoms with Crippen molar-refractivity contribution in [3.05, 3.63) is 0 Å². The van der Waals surface area contributed by atoms with Gasteiger partial charge in [-0.25, -0.2) is 10.3 Å². The van der Waals surface area contributed by atoms with E-state index >= 15 is 0 Å². The molecule has 0 radical (unpaired) electrons. The monoisotopic (exact) mass is 174 g/mol. The Bertz CT molecular complexity index is 150. The summed E-state index contributed by atoms with van der Waals surface area (Å²) in [5.41, 5.74) is 1.95. The number of urea groups is 1. The minimum atomic E-state index is -0.353. The second kappa shape index (κ2) is 4.30. The Morgan fingerprint density at radius 1 is 1.33 bits per heavy atom. The largest absolute Gasteiger partial charge is 0.338 e. The van der Waals surface area contributed by atoms with E-state index in [2.05, 4.69) is 10.8 Å². The van der Waals surface area contributed by atoms with Crippen LogP contribution in [0.5, 0.6) is 0 Å². The van der Waals surface area contributed by atoms with E-state index in [1.807, 2.05) is 34.6 Å². The molecule has 0 heterocycles. The molecule has 72 valence electrons. The smallest absolute Gasteiger partial charge is 0.334 e. The zero-order chi connectivity index (χ0) is 9.78. The summed E-state index contributed by atoms with van der Waals surface area (Å²) in [6.07, 6.45) is 0. The molecule has 0 atom stereocenters. The first-order chi connectivity index (χ1) is 5.31. The first kappa shape index (κ1) is 11.2. The lowest BCUT2D eigenvalue weighted by Gasteiger charge is -2.19. The summed E-state index contributed by atoms with van der Waals surface area (Å²) in [4.78, 5) is 16.0. The van der Waals surface area contributed by atoms with Crippen LogP contribution in [-0.2, 0) is 4.84 Å². The number of hydrogen-bond acceptors (Lipinski definition) is 2. The highest BCUT2D eigenvalue weighted by atomic mass is 16.7. The molecule has 2 amide bonds. The van der Waals surface area contributed by atoms with E-state index in [0.29, 0.717) is 0 Å². The zero-order valence-corrected chi connectivity index (χ0v) is 8.39. The van der Waals surface area contributed by atoms with E-state index in [1.165, 1.54) is 0 Å². The SMILES string of the molecule is CC(C)NC(=O)NOC(C)(C)C. The summed E-state index contributed by atoms with van der Waals surface area (Å²) in [5.74, 6) is 0. The number of amides is 2. The molecule has 0 saturated carbocycles. The molecule has 0 aliphatic heterocycles. The molecule has 0 fully saturated rings. The standard InChI is InChI=1S/C8H18N2O2/c1-6(2)9-7(11)10-12-8(3,4)5/h6H,1-5H3,(H2,9,10,11). The second-order valence-corrected chi connectivity index (χ2v) is 3.94. The summed E-state index contributed by atoms with van der Waals surface area (Å²) in [6.45, 7) is 9.36. The minimum Gasteiger partial charge on any atom is -0.334 e. The third-order valence-electron chi connectivity index (χ3n) is 0.870. The van der Waals surface area contributed by atoms with Crippen molar-refractivity contribution in [1.29, 1.82) is 0 Å². The van der Waals surface area contributed by atoms with Crippen molar-refractivity contribution in [3.63, 3.8) is 0 Å². The molecule has 0 aromatic heterocycles. The van der Waals surface area contributed by atoms with Gasteiger partial charge in [0, 0.05) is 6.04 Å². The predicted molar refractivity (Wildman–Crippen MR) is 47.6 cm³/mol. The number of rotatable bonds is 2.